The second-order valence-corrected chi connectivity index (χ2v) is 4.41. The topological polar surface area (TPSA) is 58.9 Å². The van der Waals surface area contributed by atoms with Crippen molar-refractivity contribution < 1.29 is 18.4 Å². The molecule has 0 aromatic rings. The van der Waals surface area contributed by atoms with Crippen LogP contribution in [0.2, 0.25) is 0 Å². The molecule has 0 bridgehead atoms. The highest BCUT2D eigenvalue weighted by Crippen LogP contribution is 2.00. The first kappa shape index (κ1) is 12.6. The molecular weight excluding hydrogens is 223 g/mol. The van der Waals surface area contributed by atoms with Gasteiger partial charge in [0.2, 0.25) is 0 Å². The SMILES string of the molecule is O[Si](O)(OCCCl)OCCCCl. The van der Waals surface area contributed by atoms with Crippen molar-refractivity contribution >= 4 is 32.2 Å². The zero-order valence-electron chi connectivity index (χ0n) is 6.50. The fraction of sp³-hybridized carbons (Fsp3) is 1.00. The van der Waals surface area contributed by atoms with Crippen molar-refractivity contribution in [2.24, 2.45) is 0 Å². The fourth-order valence-electron chi connectivity index (χ4n) is 0.473. The molecule has 0 aliphatic heterocycles. The molecule has 0 aromatic heterocycles. The van der Waals surface area contributed by atoms with Crippen LogP contribution in [0.3, 0.4) is 0 Å². The van der Waals surface area contributed by atoms with E-state index in [2.05, 4.69) is 8.85 Å². The second kappa shape index (κ2) is 7.08. The van der Waals surface area contributed by atoms with E-state index in [0.717, 1.165) is 0 Å². The van der Waals surface area contributed by atoms with E-state index in [-0.39, 0.29) is 19.1 Å². The fourth-order valence-corrected chi connectivity index (χ4v) is 1.65. The minimum atomic E-state index is -3.90. The Morgan fingerprint density at radius 2 is 1.58 bits per heavy atom. The van der Waals surface area contributed by atoms with Gasteiger partial charge in [0.15, 0.2) is 0 Å². The summed E-state index contributed by atoms with van der Waals surface area (Å²) in [5.74, 6) is 0.620. The van der Waals surface area contributed by atoms with E-state index in [1.165, 1.54) is 0 Å². The van der Waals surface area contributed by atoms with Crippen molar-refractivity contribution in [2.45, 2.75) is 6.42 Å². The lowest BCUT2D eigenvalue weighted by molar-refractivity contribution is 0.0287. The summed E-state index contributed by atoms with van der Waals surface area (Å²) >= 11 is 10.6. The average molecular weight is 235 g/mol. The molecule has 0 saturated carbocycles. The van der Waals surface area contributed by atoms with Gasteiger partial charge in [-0.2, -0.15) is 0 Å². The molecule has 0 unspecified atom stereocenters. The van der Waals surface area contributed by atoms with Crippen LogP contribution in [-0.4, -0.2) is 43.6 Å². The van der Waals surface area contributed by atoms with E-state index >= 15 is 0 Å². The van der Waals surface area contributed by atoms with Gasteiger partial charge in [-0.05, 0) is 6.42 Å². The number of hydrogen-bond donors (Lipinski definition) is 2. The van der Waals surface area contributed by atoms with Gasteiger partial charge >= 0.3 is 9.05 Å². The lowest BCUT2D eigenvalue weighted by Gasteiger charge is -2.15. The summed E-state index contributed by atoms with van der Waals surface area (Å²) in [6, 6.07) is 0. The number of hydrogen-bond acceptors (Lipinski definition) is 4. The Morgan fingerprint density at radius 3 is 2.08 bits per heavy atom. The van der Waals surface area contributed by atoms with Gasteiger partial charge in [-0.15, -0.1) is 23.2 Å². The third-order valence-electron chi connectivity index (χ3n) is 0.935. The normalized spacial score (nSPS) is 12.0. The van der Waals surface area contributed by atoms with Crippen LogP contribution in [0.15, 0.2) is 0 Å². The van der Waals surface area contributed by atoms with Crippen molar-refractivity contribution in [3.05, 3.63) is 0 Å². The highest BCUT2D eigenvalue weighted by atomic mass is 35.5. The molecular formula is C5H12Cl2O4Si. The molecule has 0 radical (unpaired) electrons. The van der Waals surface area contributed by atoms with E-state index < -0.39 is 9.05 Å². The molecule has 12 heavy (non-hydrogen) atoms. The largest absolute Gasteiger partial charge is 0.674 e. The molecule has 0 amide bonds. The Morgan fingerprint density at radius 1 is 1.00 bits per heavy atom. The molecule has 0 rings (SSSR count). The molecule has 4 nitrogen and oxygen atoms in total. The van der Waals surface area contributed by atoms with Gasteiger partial charge in [0.1, 0.15) is 0 Å². The molecule has 0 aromatic carbocycles. The Balaban J connectivity index is 3.42. The summed E-state index contributed by atoms with van der Waals surface area (Å²) in [5.41, 5.74) is 0. The van der Waals surface area contributed by atoms with Crippen molar-refractivity contribution in [3.63, 3.8) is 0 Å². The predicted molar refractivity (Wildman–Crippen MR) is 48.2 cm³/mol. The van der Waals surface area contributed by atoms with Crippen LogP contribution in [-0.2, 0) is 8.85 Å². The van der Waals surface area contributed by atoms with E-state index in [9.17, 15) is 0 Å². The Hall–Kier alpha value is 0.637. The molecule has 7 heteroatoms. The zero-order valence-corrected chi connectivity index (χ0v) is 9.01. The number of rotatable bonds is 7. The van der Waals surface area contributed by atoms with Gasteiger partial charge in [0.25, 0.3) is 0 Å². The zero-order chi connectivity index (χ0) is 9.45. The number of halogens is 2. The minimum Gasteiger partial charge on any atom is -0.367 e. The van der Waals surface area contributed by atoms with E-state index in [0.29, 0.717) is 12.3 Å². The first-order chi connectivity index (χ1) is 5.62. The van der Waals surface area contributed by atoms with Crippen LogP contribution >= 0.6 is 23.2 Å². The Kier molecular flexibility index (Phi) is 7.46. The van der Waals surface area contributed by atoms with Crippen molar-refractivity contribution in [1.82, 2.24) is 0 Å². The minimum absolute atomic E-state index is 0.0711. The van der Waals surface area contributed by atoms with Gasteiger partial charge < -0.3 is 18.4 Å². The lowest BCUT2D eigenvalue weighted by atomic mass is 10.5. The smallest absolute Gasteiger partial charge is 0.367 e. The predicted octanol–water partition coefficient (Wildman–Crippen LogP) is 0.307. The van der Waals surface area contributed by atoms with Gasteiger partial charge in [-0.25, -0.2) is 0 Å². The maximum Gasteiger partial charge on any atom is 0.674 e. The molecule has 0 fully saturated rings. The lowest BCUT2D eigenvalue weighted by Crippen LogP contribution is -2.43. The Labute approximate surface area is 82.5 Å². The van der Waals surface area contributed by atoms with E-state index in [1.807, 2.05) is 0 Å². The molecule has 2 N–H and O–H groups in total. The van der Waals surface area contributed by atoms with E-state index in [4.69, 9.17) is 32.8 Å². The standard InChI is InChI=1S/C5H12Cl2O4Si/c6-2-1-4-10-12(8,9)11-5-3-7/h8-9H,1-5H2. The summed E-state index contributed by atoms with van der Waals surface area (Å²) in [6.07, 6.45) is 0.557. The molecule has 0 spiro atoms. The molecule has 0 aliphatic rings. The summed E-state index contributed by atoms with van der Waals surface area (Å²) in [6.45, 7) is 0.257. The number of alkyl halides is 2. The molecule has 74 valence electrons. The van der Waals surface area contributed by atoms with Crippen LogP contribution in [0, 0.1) is 0 Å². The van der Waals surface area contributed by atoms with Crippen molar-refractivity contribution in [3.8, 4) is 0 Å². The first-order valence-electron chi connectivity index (χ1n) is 3.47. The third kappa shape index (κ3) is 7.29. The Bertz CT molecular complexity index is 114. The average Bonchev–Trinajstić information content (AvgIpc) is 2.01. The van der Waals surface area contributed by atoms with Crippen LogP contribution < -0.4 is 0 Å². The summed E-state index contributed by atoms with van der Waals surface area (Å²) < 4.78 is 9.23. The van der Waals surface area contributed by atoms with Gasteiger partial charge in [0, 0.05) is 18.4 Å². The van der Waals surface area contributed by atoms with Crippen molar-refractivity contribution in [2.75, 3.05) is 25.0 Å². The monoisotopic (exact) mass is 234 g/mol. The quantitative estimate of drug-likeness (QED) is 0.378. The maximum absolute atomic E-state index is 9.02. The van der Waals surface area contributed by atoms with Gasteiger partial charge in [0.05, 0.1) is 6.61 Å². The van der Waals surface area contributed by atoms with Crippen LogP contribution in [0.4, 0.5) is 0 Å². The highest BCUT2D eigenvalue weighted by molar-refractivity contribution is 6.50. The summed E-state index contributed by atoms with van der Waals surface area (Å²) in [5, 5.41) is 0. The molecule has 0 saturated heterocycles. The highest BCUT2D eigenvalue weighted by Gasteiger charge is 2.35. The van der Waals surface area contributed by atoms with Crippen LogP contribution in [0.1, 0.15) is 6.42 Å². The molecule has 0 atom stereocenters. The van der Waals surface area contributed by atoms with Gasteiger partial charge in [-0.1, -0.05) is 0 Å². The summed E-state index contributed by atoms with van der Waals surface area (Å²) in [7, 11) is -3.90. The second-order valence-electron chi connectivity index (χ2n) is 1.98. The molecule has 0 heterocycles. The van der Waals surface area contributed by atoms with Crippen LogP contribution in [0.5, 0.6) is 0 Å². The maximum atomic E-state index is 9.02. The van der Waals surface area contributed by atoms with E-state index in [1.54, 1.807) is 0 Å². The van der Waals surface area contributed by atoms with Crippen LogP contribution in [0.25, 0.3) is 0 Å². The molecule has 0 aliphatic carbocycles. The van der Waals surface area contributed by atoms with Gasteiger partial charge in [-0.3, -0.25) is 0 Å². The third-order valence-corrected chi connectivity index (χ3v) is 2.52. The van der Waals surface area contributed by atoms with Crippen molar-refractivity contribution in [1.29, 1.82) is 0 Å². The first-order valence-corrected chi connectivity index (χ1v) is 6.25. The summed E-state index contributed by atoms with van der Waals surface area (Å²) in [4.78, 5) is 18.0.